The van der Waals surface area contributed by atoms with Crippen LogP contribution in [0, 0.1) is 11.3 Å². The largest absolute Gasteiger partial charge is 0.328 e. The lowest BCUT2D eigenvalue weighted by molar-refractivity contribution is 0.542. The fraction of sp³-hybridized carbons (Fsp3) is 0.235. The van der Waals surface area contributed by atoms with Crippen LogP contribution in [0.15, 0.2) is 35.5 Å². The summed E-state index contributed by atoms with van der Waals surface area (Å²) in [7, 11) is 0. The topological polar surface area (TPSA) is 117 Å². The fourth-order valence-electron chi connectivity index (χ4n) is 3.47. The number of fused-ring (bicyclic) bond motifs is 2. The monoisotopic (exact) mass is 346 g/mol. The summed E-state index contributed by atoms with van der Waals surface area (Å²) in [6.07, 6.45) is 5.90. The smallest absolute Gasteiger partial charge is 0.315 e. The van der Waals surface area contributed by atoms with Crippen LogP contribution in [-0.4, -0.2) is 42.2 Å². The molecule has 1 atom stereocenters. The summed E-state index contributed by atoms with van der Waals surface area (Å²) in [5.74, 6) is 0.473. The van der Waals surface area contributed by atoms with Gasteiger partial charge in [0.15, 0.2) is 11.5 Å². The zero-order chi connectivity index (χ0) is 17.7. The highest BCUT2D eigenvalue weighted by Gasteiger charge is 2.22. The number of nitrogens with zero attached hydrogens (tertiary/aromatic N) is 6. The van der Waals surface area contributed by atoms with Gasteiger partial charge in [-0.3, -0.25) is 4.57 Å². The molecule has 5 rings (SSSR count). The molecule has 9 heteroatoms. The van der Waals surface area contributed by atoms with E-state index in [4.69, 9.17) is 5.26 Å². The van der Waals surface area contributed by atoms with Crippen LogP contribution in [-0.2, 0) is 0 Å². The molecule has 1 saturated heterocycles. The summed E-state index contributed by atoms with van der Waals surface area (Å²) >= 11 is 0. The number of imidazole rings is 1. The molecule has 0 bridgehead atoms. The van der Waals surface area contributed by atoms with Gasteiger partial charge < -0.3 is 10.3 Å². The molecule has 128 valence electrons. The second kappa shape index (κ2) is 5.50. The molecule has 0 aliphatic carbocycles. The highest BCUT2D eigenvalue weighted by molar-refractivity contribution is 5.80. The number of rotatable bonds is 2. The molecular formula is C17H14N8O. The van der Waals surface area contributed by atoms with Gasteiger partial charge >= 0.3 is 5.69 Å². The summed E-state index contributed by atoms with van der Waals surface area (Å²) in [4.78, 5) is 24.2. The van der Waals surface area contributed by atoms with E-state index in [-0.39, 0.29) is 11.7 Å². The molecule has 26 heavy (non-hydrogen) atoms. The lowest BCUT2D eigenvalue weighted by Gasteiger charge is -2.09. The van der Waals surface area contributed by atoms with E-state index in [1.54, 1.807) is 39.8 Å². The first-order valence-electron chi connectivity index (χ1n) is 8.30. The van der Waals surface area contributed by atoms with Crippen molar-refractivity contribution in [3.05, 3.63) is 46.8 Å². The van der Waals surface area contributed by atoms with E-state index in [1.165, 1.54) is 0 Å². The highest BCUT2D eigenvalue weighted by atomic mass is 16.1. The molecule has 9 nitrogen and oxygen atoms in total. The minimum absolute atomic E-state index is 0.0769. The van der Waals surface area contributed by atoms with Gasteiger partial charge in [0.05, 0.1) is 41.1 Å². The van der Waals surface area contributed by atoms with E-state index in [0.717, 1.165) is 25.0 Å². The van der Waals surface area contributed by atoms with E-state index in [1.807, 2.05) is 0 Å². The third-order valence-corrected chi connectivity index (χ3v) is 4.75. The van der Waals surface area contributed by atoms with E-state index in [2.05, 4.69) is 31.4 Å². The van der Waals surface area contributed by atoms with Crippen LogP contribution in [0.1, 0.15) is 18.0 Å². The molecule has 4 aromatic heterocycles. The molecule has 0 saturated carbocycles. The second-order valence-electron chi connectivity index (χ2n) is 6.29. The maximum atomic E-state index is 12.4. The van der Waals surface area contributed by atoms with E-state index < -0.39 is 0 Å². The SMILES string of the molecule is N#Cc1ccn2ncc(-c3ncc4[nH]c(=O)n([C@H]5CCNC5)c4n3)c2c1. The van der Waals surface area contributed by atoms with Crippen LogP contribution in [0.3, 0.4) is 0 Å². The van der Waals surface area contributed by atoms with E-state index in [0.29, 0.717) is 28.1 Å². The molecule has 0 spiro atoms. The van der Waals surface area contributed by atoms with Gasteiger partial charge in [0.25, 0.3) is 0 Å². The number of hydrogen-bond acceptors (Lipinski definition) is 6. The quantitative estimate of drug-likeness (QED) is 0.555. The van der Waals surface area contributed by atoms with Crippen molar-refractivity contribution < 1.29 is 0 Å². The average molecular weight is 346 g/mol. The molecule has 1 aliphatic heterocycles. The van der Waals surface area contributed by atoms with Crippen molar-refractivity contribution in [2.24, 2.45) is 0 Å². The lowest BCUT2D eigenvalue weighted by atomic mass is 10.2. The van der Waals surface area contributed by atoms with Crippen LogP contribution in [0.25, 0.3) is 28.1 Å². The summed E-state index contributed by atoms with van der Waals surface area (Å²) in [6.45, 7) is 1.63. The predicted molar refractivity (Wildman–Crippen MR) is 93.6 cm³/mol. The Morgan fingerprint density at radius 3 is 3.08 bits per heavy atom. The Kier molecular flexibility index (Phi) is 3.13. The van der Waals surface area contributed by atoms with Gasteiger partial charge in [-0.1, -0.05) is 0 Å². The van der Waals surface area contributed by atoms with Crippen molar-refractivity contribution in [2.45, 2.75) is 12.5 Å². The zero-order valence-corrected chi connectivity index (χ0v) is 13.7. The van der Waals surface area contributed by atoms with Crippen molar-refractivity contribution in [3.8, 4) is 17.5 Å². The second-order valence-corrected chi connectivity index (χ2v) is 6.29. The van der Waals surface area contributed by atoms with Crippen LogP contribution in [0.4, 0.5) is 0 Å². The van der Waals surface area contributed by atoms with Crippen LogP contribution in [0.2, 0.25) is 0 Å². The Morgan fingerprint density at radius 1 is 1.35 bits per heavy atom. The van der Waals surface area contributed by atoms with E-state index >= 15 is 0 Å². The minimum Gasteiger partial charge on any atom is -0.315 e. The average Bonchev–Trinajstić information content (AvgIpc) is 3.37. The van der Waals surface area contributed by atoms with Crippen molar-refractivity contribution in [2.75, 3.05) is 13.1 Å². The summed E-state index contributed by atoms with van der Waals surface area (Å²) in [5.41, 5.74) is 3.02. The predicted octanol–water partition coefficient (Wildman–Crippen LogP) is 0.840. The molecule has 1 fully saturated rings. The normalized spacial score (nSPS) is 17.1. The van der Waals surface area contributed by atoms with Crippen LogP contribution >= 0.6 is 0 Å². The number of H-pyrrole nitrogens is 1. The minimum atomic E-state index is -0.174. The number of nitrogens with one attached hydrogen (secondary N) is 2. The first kappa shape index (κ1) is 14.8. The van der Waals surface area contributed by atoms with Gasteiger partial charge in [-0.2, -0.15) is 10.4 Å². The maximum Gasteiger partial charge on any atom is 0.328 e. The number of aromatic amines is 1. The molecule has 5 heterocycles. The Bertz CT molecular complexity index is 1240. The number of nitriles is 1. The van der Waals surface area contributed by atoms with Gasteiger partial charge in [-0.05, 0) is 25.1 Å². The van der Waals surface area contributed by atoms with Crippen LogP contribution < -0.4 is 11.0 Å². The Morgan fingerprint density at radius 2 is 2.27 bits per heavy atom. The number of hydrogen-bond donors (Lipinski definition) is 2. The number of aromatic nitrogens is 6. The van der Waals surface area contributed by atoms with Gasteiger partial charge in [-0.15, -0.1) is 0 Å². The van der Waals surface area contributed by atoms with Gasteiger partial charge in [0.2, 0.25) is 0 Å². The molecule has 4 aromatic rings. The van der Waals surface area contributed by atoms with E-state index in [9.17, 15) is 4.79 Å². The zero-order valence-electron chi connectivity index (χ0n) is 13.7. The fourth-order valence-corrected chi connectivity index (χ4v) is 3.47. The van der Waals surface area contributed by atoms with Crippen LogP contribution in [0.5, 0.6) is 0 Å². The first-order valence-corrected chi connectivity index (χ1v) is 8.30. The van der Waals surface area contributed by atoms with Gasteiger partial charge in [0.1, 0.15) is 5.52 Å². The Hall–Kier alpha value is -3.51. The van der Waals surface area contributed by atoms with Crippen molar-refractivity contribution in [1.82, 2.24) is 34.4 Å². The molecule has 2 N–H and O–H groups in total. The summed E-state index contributed by atoms with van der Waals surface area (Å²) in [5, 5.41) is 16.7. The Labute approximate surface area is 146 Å². The molecule has 1 aliphatic rings. The summed E-state index contributed by atoms with van der Waals surface area (Å²) < 4.78 is 3.38. The standard InChI is InChI=1S/C17H14N8O/c18-6-10-2-4-24-14(5-10)12(8-21-24)15-20-9-13-16(23-15)25(17(26)22-13)11-1-3-19-7-11/h2,4-5,8-9,11,19H,1,3,7H2,(H,22,26)/t11-/m0/s1. The van der Waals surface area contributed by atoms with Gasteiger partial charge in [0, 0.05) is 12.7 Å². The summed E-state index contributed by atoms with van der Waals surface area (Å²) in [6, 6.07) is 5.65. The third kappa shape index (κ3) is 2.13. The molecule has 0 unspecified atom stereocenters. The molecular weight excluding hydrogens is 332 g/mol. The first-order chi connectivity index (χ1) is 12.7. The van der Waals surface area contributed by atoms with Crippen molar-refractivity contribution in [1.29, 1.82) is 5.26 Å². The number of pyridine rings is 1. The highest BCUT2D eigenvalue weighted by Crippen LogP contribution is 2.24. The van der Waals surface area contributed by atoms with Gasteiger partial charge in [-0.25, -0.2) is 19.3 Å². The van der Waals surface area contributed by atoms with Crippen molar-refractivity contribution in [3.63, 3.8) is 0 Å². The molecule has 0 radical (unpaired) electrons. The molecule has 0 aromatic carbocycles. The van der Waals surface area contributed by atoms with Crippen molar-refractivity contribution >= 4 is 16.7 Å². The third-order valence-electron chi connectivity index (χ3n) is 4.75. The lowest BCUT2D eigenvalue weighted by Crippen LogP contribution is -2.24. The molecule has 0 amide bonds. The maximum absolute atomic E-state index is 12.4. The Balaban J connectivity index is 1.72.